The molecule has 0 bridgehead atoms. The van der Waals surface area contributed by atoms with E-state index < -0.39 is 5.97 Å². The molecule has 0 spiro atoms. The van der Waals surface area contributed by atoms with Gasteiger partial charge >= 0.3 is 5.97 Å². The minimum absolute atomic E-state index is 0.0330. The van der Waals surface area contributed by atoms with Gasteiger partial charge in [0.05, 0.1) is 12.4 Å². The summed E-state index contributed by atoms with van der Waals surface area (Å²) in [5.74, 6) is 0.121. The second-order valence-electron chi connectivity index (χ2n) is 4.16. The van der Waals surface area contributed by atoms with Crippen LogP contribution in [0.15, 0.2) is 12.4 Å². The lowest BCUT2D eigenvalue weighted by atomic mass is 10.1. The number of anilines is 1. The molecule has 0 aliphatic rings. The number of carboxylic acid groups (broad SMARTS) is 1. The molecule has 1 N–H and O–H groups in total. The highest BCUT2D eigenvalue weighted by atomic mass is 16.4. The molecule has 1 aromatic heterocycles. The molecule has 0 aliphatic carbocycles. The molecule has 0 radical (unpaired) electrons. The zero-order chi connectivity index (χ0) is 12.3. The third-order valence-electron chi connectivity index (χ3n) is 2.79. The number of aromatic carboxylic acids is 1. The number of hydrogen-bond acceptors (Lipinski definition) is 4. The highest BCUT2D eigenvalue weighted by Gasteiger charge is 2.15. The van der Waals surface area contributed by atoms with Crippen molar-refractivity contribution in [3.8, 4) is 0 Å². The Balaban J connectivity index is 2.85. The summed E-state index contributed by atoms with van der Waals surface area (Å²) in [5.41, 5.74) is -0.0330. The third kappa shape index (κ3) is 2.68. The predicted octanol–water partition coefficient (Wildman–Crippen LogP) is 1.66. The topological polar surface area (TPSA) is 66.3 Å². The van der Waals surface area contributed by atoms with Crippen molar-refractivity contribution in [3.05, 3.63) is 18.1 Å². The van der Waals surface area contributed by atoms with Crippen molar-refractivity contribution in [1.29, 1.82) is 0 Å². The lowest BCUT2D eigenvalue weighted by molar-refractivity contribution is 0.0690. The zero-order valence-electron chi connectivity index (χ0n) is 10.0. The van der Waals surface area contributed by atoms with Crippen LogP contribution in [-0.2, 0) is 0 Å². The molecule has 1 unspecified atom stereocenters. The van der Waals surface area contributed by atoms with Gasteiger partial charge in [0.2, 0.25) is 0 Å². The van der Waals surface area contributed by atoms with E-state index in [1.54, 1.807) is 0 Å². The molecule has 5 heteroatoms. The Kier molecular flexibility index (Phi) is 3.82. The lowest BCUT2D eigenvalue weighted by Crippen LogP contribution is -2.33. The smallest absolute Gasteiger partial charge is 0.356 e. The Labute approximate surface area is 95.1 Å². The number of carbonyl (C=O) groups is 1. The van der Waals surface area contributed by atoms with Gasteiger partial charge in [-0.2, -0.15) is 0 Å². The molecule has 0 aromatic carbocycles. The summed E-state index contributed by atoms with van der Waals surface area (Å²) in [7, 11) is 1.93. The van der Waals surface area contributed by atoms with Crippen molar-refractivity contribution >= 4 is 11.8 Å². The molecule has 1 atom stereocenters. The normalized spacial score (nSPS) is 12.6. The van der Waals surface area contributed by atoms with Gasteiger partial charge in [-0.15, -0.1) is 0 Å². The van der Waals surface area contributed by atoms with Gasteiger partial charge < -0.3 is 10.0 Å². The summed E-state index contributed by atoms with van der Waals surface area (Å²) < 4.78 is 0. The van der Waals surface area contributed by atoms with E-state index in [9.17, 15) is 4.79 Å². The fourth-order valence-electron chi connectivity index (χ4n) is 1.27. The molecular formula is C11H17N3O2. The van der Waals surface area contributed by atoms with Gasteiger partial charge in [0.25, 0.3) is 0 Å². The van der Waals surface area contributed by atoms with Crippen LogP contribution in [0, 0.1) is 5.92 Å². The van der Waals surface area contributed by atoms with Crippen LogP contribution in [0.5, 0.6) is 0 Å². The number of nitrogens with zero attached hydrogens (tertiary/aromatic N) is 3. The molecule has 16 heavy (non-hydrogen) atoms. The molecule has 0 fully saturated rings. The van der Waals surface area contributed by atoms with Gasteiger partial charge in [-0.25, -0.2) is 14.8 Å². The summed E-state index contributed by atoms with van der Waals surface area (Å²) in [6.07, 6.45) is 2.77. The van der Waals surface area contributed by atoms with Crippen molar-refractivity contribution < 1.29 is 9.90 Å². The van der Waals surface area contributed by atoms with Crippen LogP contribution >= 0.6 is 0 Å². The second kappa shape index (κ2) is 4.92. The molecular weight excluding hydrogens is 206 g/mol. The number of rotatable bonds is 4. The van der Waals surface area contributed by atoms with Crippen LogP contribution in [0.4, 0.5) is 5.82 Å². The fraction of sp³-hybridized carbons (Fsp3) is 0.545. The van der Waals surface area contributed by atoms with Gasteiger partial charge in [-0.05, 0) is 12.8 Å². The van der Waals surface area contributed by atoms with Gasteiger partial charge in [-0.1, -0.05) is 13.8 Å². The first kappa shape index (κ1) is 12.4. The molecule has 0 amide bonds. The number of hydrogen-bond donors (Lipinski definition) is 1. The molecule has 1 heterocycles. The van der Waals surface area contributed by atoms with Crippen molar-refractivity contribution in [2.24, 2.45) is 5.92 Å². The average Bonchev–Trinajstić information content (AvgIpc) is 2.27. The Morgan fingerprint density at radius 3 is 2.31 bits per heavy atom. The van der Waals surface area contributed by atoms with E-state index in [4.69, 9.17) is 5.11 Å². The lowest BCUT2D eigenvalue weighted by Gasteiger charge is -2.28. The molecule has 5 nitrogen and oxygen atoms in total. The SMILES string of the molecule is CC(C)C(C)N(C)c1cnc(C(=O)O)cn1. The summed E-state index contributed by atoms with van der Waals surface area (Å²) in [6.45, 7) is 6.35. The fourth-order valence-corrected chi connectivity index (χ4v) is 1.27. The van der Waals surface area contributed by atoms with E-state index in [-0.39, 0.29) is 5.69 Å². The van der Waals surface area contributed by atoms with Crippen LogP contribution < -0.4 is 4.90 Å². The van der Waals surface area contributed by atoms with Gasteiger partial charge in [0.1, 0.15) is 5.82 Å². The molecule has 0 aliphatic heterocycles. The van der Waals surface area contributed by atoms with Gasteiger partial charge in [-0.3, -0.25) is 0 Å². The van der Waals surface area contributed by atoms with Crippen LogP contribution in [0.2, 0.25) is 0 Å². The van der Waals surface area contributed by atoms with E-state index in [0.29, 0.717) is 17.8 Å². The Hall–Kier alpha value is -1.65. The standard InChI is InChI=1S/C11H17N3O2/c1-7(2)8(3)14(4)10-6-12-9(5-13-10)11(15)16/h5-8H,1-4H3,(H,15,16). The van der Waals surface area contributed by atoms with E-state index in [1.165, 1.54) is 12.4 Å². The summed E-state index contributed by atoms with van der Waals surface area (Å²) in [6, 6.07) is 0.324. The largest absolute Gasteiger partial charge is 0.476 e. The van der Waals surface area contributed by atoms with Crippen molar-refractivity contribution in [1.82, 2.24) is 9.97 Å². The van der Waals surface area contributed by atoms with Crippen molar-refractivity contribution in [2.45, 2.75) is 26.8 Å². The van der Waals surface area contributed by atoms with Crippen LogP contribution in [0.1, 0.15) is 31.3 Å². The predicted molar refractivity (Wildman–Crippen MR) is 61.7 cm³/mol. The molecule has 0 saturated carbocycles. The van der Waals surface area contributed by atoms with Gasteiger partial charge in [0.15, 0.2) is 5.69 Å². The van der Waals surface area contributed by atoms with E-state index in [0.717, 1.165) is 0 Å². The minimum Gasteiger partial charge on any atom is -0.476 e. The van der Waals surface area contributed by atoms with E-state index in [1.807, 2.05) is 11.9 Å². The third-order valence-corrected chi connectivity index (χ3v) is 2.79. The zero-order valence-corrected chi connectivity index (χ0v) is 10.0. The van der Waals surface area contributed by atoms with E-state index in [2.05, 4.69) is 30.7 Å². The number of carboxylic acids is 1. The van der Waals surface area contributed by atoms with Crippen LogP contribution in [-0.4, -0.2) is 34.1 Å². The average molecular weight is 223 g/mol. The first-order valence-corrected chi connectivity index (χ1v) is 5.21. The first-order chi connectivity index (χ1) is 7.43. The monoisotopic (exact) mass is 223 g/mol. The van der Waals surface area contributed by atoms with Crippen molar-refractivity contribution in [3.63, 3.8) is 0 Å². The summed E-state index contributed by atoms with van der Waals surface area (Å²) in [5, 5.41) is 8.70. The highest BCUT2D eigenvalue weighted by molar-refractivity contribution is 5.84. The minimum atomic E-state index is -1.06. The quantitative estimate of drug-likeness (QED) is 0.840. The molecule has 0 saturated heterocycles. The van der Waals surface area contributed by atoms with Crippen LogP contribution in [0.3, 0.4) is 0 Å². The maximum atomic E-state index is 10.6. The van der Waals surface area contributed by atoms with Crippen molar-refractivity contribution in [2.75, 3.05) is 11.9 Å². The first-order valence-electron chi connectivity index (χ1n) is 5.21. The molecule has 1 rings (SSSR count). The summed E-state index contributed by atoms with van der Waals surface area (Å²) >= 11 is 0. The Morgan fingerprint density at radius 1 is 1.31 bits per heavy atom. The Bertz CT molecular complexity index is 362. The second-order valence-corrected chi connectivity index (χ2v) is 4.16. The maximum absolute atomic E-state index is 10.6. The number of aromatic nitrogens is 2. The molecule has 1 aromatic rings. The van der Waals surface area contributed by atoms with Gasteiger partial charge in [0, 0.05) is 13.1 Å². The molecule has 88 valence electrons. The van der Waals surface area contributed by atoms with E-state index >= 15 is 0 Å². The summed E-state index contributed by atoms with van der Waals surface area (Å²) in [4.78, 5) is 20.5. The maximum Gasteiger partial charge on any atom is 0.356 e. The highest BCUT2D eigenvalue weighted by Crippen LogP contribution is 2.15. The van der Waals surface area contributed by atoms with Crippen LogP contribution in [0.25, 0.3) is 0 Å². The Morgan fingerprint density at radius 2 is 1.94 bits per heavy atom.